The maximum absolute atomic E-state index is 9.19. The zero-order chi connectivity index (χ0) is 6.85. The number of rotatable bonds is 0. The maximum atomic E-state index is 9.19. The van der Waals surface area contributed by atoms with Gasteiger partial charge in [-0.25, -0.2) is 0 Å². The predicted molar refractivity (Wildman–Crippen MR) is 44.9 cm³/mol. The van der Waals surface area contributed by atoms with Crippen LogP contribution >= 0.6 is 0 Å². The monoisotopic (exact) mass is 140 g/mol. The molecule has 10 heavy (non-hydrogen) atoms. The average molecular weight is 140 g/mol. The van der Waals surface area contributed by atoms with Crippen molar-refractivity contribution in [1.82, 2.24) is 0 Å². The minimum Gasteiger partial charge on any atom is -0.388 e. The van der Waals surface area contributed by atoms with E-state index in [0.717, 1.165) is 30.4 Å². The van der Waals surface area contributed by atoms with E-state index in [9.17, 15) is 5.11 Å². The Morgan fingerprint density at radius 2 is 2.00 bits per heavy atom. The Balaban J connectivity index is 0.000000810. The molecule has 0 saturated heterocycles. The lowest BCUT2D eigenvalue weighted by atomic mass is 9.90. The topological polar surface area (TPSA) is 20.2 Å². The third-order valence-corrected chi connectivity index (χ3v) is 1.81. The molecule has 1 saturated carbocycles. The summed E-state index contributed by atoms with van der Waals surface area (Å²) in [5.74, 6) is 0. The van der Waals surface area contributed by atoms with E-state index in [1.807, 2.05) is 0 Å². The largest absolute Gasteiger partial charge is 0.388 e. The van der Waals surface area contributed by atoms with Crippen molar-refractivity contribution in [3.63, 3.8) is 0 Å². The Bertz CT molecular complexity index is 147. The van der Waals surface area contributed by atoms with Gasteiger partial charge in [-0.15, -0.1) is 0 Å². The smallest absolute Gasteiger partial charge is 0.0786 e. The van der Waals surface area contributed by atoms with Gasteiger partial charge in [-0.1, -0.05) is 26.2 Å². The van der Waals surface area contributed by atoms with Gasteiger partial charge < -0.3 is 5.11 Å². The lowest BCUT2D eigenvalue weighted by Gasteiger charge is -2.21. The van der Waals surface area contributed by atoms with Crippen LogP contribution in [0.15, 0.2) is 24.3 Å². The number of hydrogen-bond acceptors (Lipinski definition) is 1. The molecule has 1 aliphatic carbocycles. The van der Waals surface area contributed by atoms with Crippen LogP contribution in [0.25, 0.3) is 0 Å². The highest BCUT2D eigenvalue weighted by Gasteiger charge is 2.16. The number of aliphatic hydroxyl groups excluding tert-OH is 1. The van der Waals surface area contributed by atoms with Crippen LogP contribution in [0, 0.1) is 0 Å². The fraction of sp³-hybridized carbons (Fsp3) is 0.556. The molecule has 0 aromatic carbocycles. The fourth-order valence-corrected chi connectivity index (χ4v) is 1.08. The van der Waals surface area contributed by atoms with Crippen molar-refractivity contribution >= 4 is 0 Å². The van der Waals surface area contributed by atoms with Crippen LogP contribution in [-0.4, -0.2) is 11.2 Å². The first kappa shape index (κ1) is 9.44. The molecule has 1 rings (SSSR count). The molecular weight excluding hydrogens is 124 g/mol. The van der Waals surface area contributed by atoms with Gasteiger partial charge in [0.25, 0.3) is 0 Å². The van der Waals surface area contributed by atoms with Crippen LogP contribution in [0.1, 0.15) is 26.7 Å². The summed E-state index contributed by atoms with van der Waals surface area (Å²) in [4.78, 5) is 0. The zero-order valence-corrected chi connectivity index (χ0v) is 5.56. The van der Waals surface area contributed by atoms with Gasteiger partial charge in [0, 0.05) is 0 Å². The SMILES string of the molecule is C.C=C1CCCC(O)C1=C. The molecular formula is C9H16O. The van der Waals surface area contributed by atoms with E-state index in [1.54, 1.807) is 0 Å². The van der Waals surface area contributed by atoms with E-state index in [-0.39, 0.29) is 13.5 Å². The first-order valence-corrected chi connectivity index (χ1v) is 3.27. The van der Waals surface area contributed by atoms with E-state index in [1.165, 1.54) is 0 Å². The second-order valence-electron chi connectivity index (χ2n) is 2.54. The van der Waals surface area contributed by atoms with Gasteiger partial charge in [-0.2, -0.15) is 0 Å². The summed E-state index contributed by atoms with van der Waals surface area (Å²) in [5.41, 5.74) is 1.86. The molecule has 0 spiro atoms. The Morgan fingerprint density at radius 1 is 1.40 bits per heavy atom. The summed E-state index contributed by atoms with van der Waals surface area (Å²) in [6.45, 7) is 7.51. The van der Waals surface area contributed by atoms with E-state index in [0.29, 0.717) is 0 Å². The molecule has 1 atom stereocenters. The molecule has 0 aromatic rings. The Labute approximate surface area is 63.1 Å². The molecule has 58 valence electrons. The lowest BCUT2D eigenvalue weighted by molar-refractivity contribution is 0.191. The second kappa shape index (κ2) is 3.57. The second-order valence-corrected chi connectivity index (χ2v) is 2.54. The van der Waals surface area contributed by atoms with Crippen LogP contribution in [0.5, 0.6) is 0 Å². The molecule has 0 aromatic heterocycles. The molecule has 0 heterocycles. The molecule has 1 fully saturated rings. The number of hydrogen-bond donors (Lipinski definition) is 1. The van der Waals surface area contributed by atoms with Gasteiger partial charge in [0.2, 0.25) is 0 Å². The van der Waals surface area contributed by atoms with Crippen LogP contribution in [0.2, 0.25) is 0 Å². The standard InChI is InChI=1S/C8H12O.CH4/c1-6-4-3-5-8(9)7(6)2;/h8-9H,1-5H2;1H4. The van der Waals surface area contributed by atoms with Gasteiger partial charge in [0.15, 0.2) is 0 Å². The maximum Gasteiger partial charge on any atom is 0.0786 e. The fourth-order valence-electron chi connectivity index (χ4n) is 1.08. The first-order chi connectivity index (χ1) is 4.22. The summed E-state index contributed by atoms with van der Waals surface area (Å²) in [6.07, 6.45) is 2.61. The van der Waals surface area contributed by atoms with Gasteiger partial charge in [-0.3, -0.25) is 0 Å². The van der Waals surface area contributed by atoms with Gasteiger partial charge in [0.1, 0.15) is 0 Å². The minimum atomic E-state index is -0.314. The van der Waals surface area contributed by atoms with Gasteiger partial charge >= 0.3 is 0 Å². The van der Waals surface area contributed by atoms with Gasteiger partial charge in [0.05, 0.1) is 6.10 Å². The average Bonchev–Trinajstić information content (AvgIpc) is 1.83. The Kier molecular flexibility index (Phi) is 3.37. The van der Waals surface area contributed by atoms with E-state index in [4.69, 9.17) is 0 Å². The molecule has 1 heteroatoms. The van der Waals surface area contributed by atoms with E-state index < -0.39 is 0 Å². The highest BCUT2D eigenvalue weighted by Crippen LogP contribution is 2.25. The summed E-state index contributed by atoms with van der Waals surface area (Å²) in [7, 11) is 0. The first-order valence-electron chi connectivity index (χ1n) is 3.27. The molecule has 1 nitrogen and oxygen atoms in total. The molecule has 1 N–H and O–H groups in total. The Morgan fingerprint density at radius 3 is 2.40 bits per heavy atom. The van der Waals surface area contributed by atoms with E-state index in [2.05, 4.69) is 13.2 Å². The summed E-state index contributed by atoms with van der Waals surface area (Å²) >= 11 is 0. The highest BCUT2D eigenvalue weighted by molar-refractivity contribution is 5.30. The minimum absolute atomic E-state index is 0. The van der Waals surface area contributed by atoms with E-state index >= 15 is 0 Å². The van der Waals surface area contributed by atoms with Crippen LogP contribution in [0.3, 0.4) is 0 Å². The third kappa shape index (κ3) is 1.71. The molecule has 0 radical (unpaired) electrons. The van der Waals surface area contributed by atoms with Crippen molar-refractivity contribution in [2.45, 2.75) is 32.8 Å². The Hall–Kier alpha value is -0.560. The van der Waals surface area contributed by atoms with Crippen molar-refractivity contribution < 1.29 is 5.11 Å². The van der Waals surface area contributed by atoms with Crippen LogP contribution in [0.4, 0.5) is 0 Å². The molecule has 0 aliphatic heterocycles. The summed E-state index contributed by atoms with van der Waals surface area (Å²) in [6, 6.07) is 0. The normalized spacial score (nSPS) is 25.9. The predicted octanol–water partition coefficient (Wildman–Crippen LogP) is 2.28. The van der Waals surface area contributed by atoms with Crippen molar-refractivity contribution in [3.05, 3.63) is 24.3 Å². The van der Waals surface area contributed by atoms with Crippen molar-refractivity contribution in [3.8, 4) is 0 Å². The van der Waals surface area contributed by atoms with Crippen molar-refractivity contribution in [2.24, 2.45) is 0 Å². The number of aliphatic hydroxyl groups is 1. The lowest BCUT2D eigenvalue weighted by Crippen LogP contribution is -2.15. The molecule has 1 unspecified atom stereocenters. The van der Waals surface area contributed by atoms with Crippen molar-refractivity contribution in [1.29, 1.82) is 0 Å². The highest BCUT2D eigenvalue weighted by atomic mass is 16.3. The zero-order valence-electron chi connectivity index (χ0n) is 5.56. The molecule has 0 bridgehead atoms. The van der Waals surface area contributed by atoms with Crippen LogP contribution < -0.4 is 0 Å². The summed E-state index contributed by atoms with van der Waals surface area (Å²) in [5, 5.41) is 9.19. The quantitative estimate of drug-likeness (QED) is 0.547. The summed E-state index contributed by atoms with van der Waals surface area (Å²) < 4.78 is 0. The molecule has 0 amide bonds. The third-order valence-electron chi connectivity index (χ3n) is 1.81. The molecule has 1 aliphatic rings. The van der Waals surface area contributed by atoms with Crippen LogP contribution in [-0.2, 0) is 0 Å². The van der Waals surface area contributed by atoms with Crippen molar-refractivity contribution in [2.75, 3.05) is 0 Å². The van der Waals surface area contributed by atoms with Gasteiger partial charge in [-0.05, 0) is 24.8 Å².